The molecule has 0 N–H and O–H groups in total. The molecule has 1 aromatic carbocycles. The first-order valence-corrected chi connectivity index (χ1v) is 6.22. The van der Waals surface area contributed by atoms with Gasteiger partial charge in [-0.25, -0.2) is 0 Å². The van der Waals surface area contributed by atoms with Crippen LogP contribution in [0.25, 0.3) is 0 Å². The molecular weight excluding hydrogens is 232 g/mol. The quantitative estimate of drug-likeness (QED) is 0.590. The van der Waals surface area contributed by atoms with E-state index in [2.05, 4.69) is 0 Å². The van der Waals surface area contributed by atoms with Gasteiger partial charge in [-0.1, -0.05) is 36.8 Å². The lowest BCUT2D eigenvalue weighted by Gasteiger charge is -2.12. The lowest BCUT2D eigenvalue weighted by Crippen LogP contribution is -2.16. The molecule has 17 heavy (non-hydrogen) atoms. The lowest BCUT2D eigenvalue weighted by atomic mass is 9.99. The molecule has 1 atom stereocenters. The number of aryl methyl sites for hydroxylation is 1. The second kappa shape index (κ2) is 6.50. The fourth-order valence-corrected chi connectivity index (χ4v) is 1.70. The van der Waals surface area contributed by atoms with Crippen molar-refractivity contribution in [2.24, 2.45) is 5.92 Å². The SMILES string of the molecule is CCOC(=S)C(C)CC(=O)c1ccc(C)cc1. The molecule has 92 valence electrons. The first-order chi connectivity index (χ1) is 8.04. The van der Waals surface area contributed by atoms with Crippen LogP contribution in [0.1, 0.15) is 36.2 Å². The normalized spacial score (nSPS) is 11.9. The maximum absolute atomic E-state index is 12.0. The topological polar surface area (TPSA) is 26.3 Å². The number of carbonyl (C=O) groups excluding carboxylic acids is 1. The highest BCUT2D eigenvalue weighted by Gasteiger charge is 2.15. The van der Waals surface area contributed by atoms with Gasteiger partial charge in [0, 0.05) is 17.9 Å². The third-order valence-electron chi connectivity index (χ3n) is 2.55. The minimum absolute atomic E-state index is 0.0150. The summed E-state index contributed by atoms with van der Waals surface area (Å²) in [6, 6.07) is 7.60. The van der Waals surface area contributed by atoms with E-state index < -0.39 is 0 Å². The van der Waals surface area contributed by atoms with Crippen molar-refractivity contribution in [1.29, 1.82) is 0 Å². The van der Waals surface area contributed by atoms with Gasteiger partial charge in [-0.2, -0.15) is 0 Å². The second-order valence-corrected chi connectivity index (χ2v) is 4.55. The van der Waals surface area contributed by atoms with Crippen LogP contribution in [0.5, 0.6) is 0 Å². The average molecular weight is 250 g/mol. The van der Waals surface area contributed by atoms with E-state index in [0.29, 0.717) is 18.1 Å². The number of ether oxygens (including phenoxy) is 1. The van der Waals surface area contributed by atoms with Crippen molar-refractivity contribution in [2.45, 2.75) is 27.2 Å². The van der Waals surface area contributed by atoms with Gasteiger partial charge in [-0.05, 0) is 26.1 Å². The number of Topliss-reactive ketones (excluding diaryl/α,β-unsaturated/α-hetero) is 1. The van der Waals surface area contributed by atoms with Crippen LogP contribution in [0.2, 0.25) is 0 Å². The van der Waals surface area contributed by atoms with Crippen molar-refractivity contribution in [3.63, 3.8) is 0 Å². The van der Waals surface area contributed by atoms with Crippen molar-refractivity contribution in [1.82, 2.24) is 0 Å². The summed E-state index contributed by atoms with van der Waals surface area (Å²) in [7, 11) is 0. The Morgan fingerprint density at radius 2 is 1.94 bits per heavy atom. The Morgan fingerprint density at radius 3 is 2.47 bits per heavy atom. The molecule has 0 heterocycles. The Morgan fingerprint density at radius 1 is 1.35 bits per heavy atom. The second-order valence-electron chi connectivity index (χ2n) is 4.15. The molecule has 0 saturated carbocycles. The van der Waals surface area contributed by atoms with Crippen molar-refractivity contribution in [2.75, 3.05) is 6.61 Å². The van der Waals surface area contributed by atoms with Crippen molar-refractivity contribution in [3.05, 3.63) is 35.4 Å². The van der Waals surface area contributed by atoms with Crippen molar-refractivity contribution in [3.8, 4) is 0 Å². The van der Waals surface area contributed by atoms with E-state index in [-0.39, 0.29) is 11.7 Å². The summed E-state index contributed by atoms with van der Waals surface area (Å²) >= 11 is 5.09. The van der Waals surface area contributed by atoms with E-state index >= 15 is 0 Å². The molecule has 0 saturated heterocycles. The van der Waals surface area contributed by atoms with Gasteiger partial charge in [0.05, 0.1) is 6.61 Å². The Balaban J connectivity index is 2.60. The van der Waals surface area contributed by atoms with Gasteiger partial charge in [-0.15, -0.1) is 0 Å². The fourth-order valence-electron chi connectivity index (χ4n) is 1.50. The molecule has 0 spiro atoms. The minimum atomic E-state index is -0.0150. The zero-order chi connectivity index (χ0) is 12.8. The summed E-state index contributed by atoms with van der Waals surface area (Å²) in [6.45, 7) is 6.37. The van der Waals surface area contributed by atoms with E-state index in [9.17, 15) is 4.79 Å². The Kier molecular flexibility index (Phi) is 5.29. The van der Waals surface area contributed by atoms with Gasteiger partial charge in [0.15, 0.2) is 10.8 Å². The highest BCUT2D eigenvalue weighted by atomic mass is 32.1. The maximum atomic E-state index is 12.0. The molecule has 2 nitrogen and oxygen atoms in total. The molecule has 0 bridgehead atoms. The third kappa shape index (κ3) is 4.27. The third-order valence-corrected chi connectivity index (χ3v) is 3.07. The first kappa shape index (κ1) is 13.8. The molecule has 0 fully saturated rings. The van der Waals surface area contributed by atoms with Crippen LogP contribution in [0.3, 0.4) is 0 Å². The molecule has 1 aromatic rings. The van der Waals surface area contributed by atoms with Crippen LogP contribution in [0.15, 0.2) is 24.3 Å². The number of carbonyl (C=O) groups is 1. The molecule has 1 rings (SSSR count). The van der Waals surface area contributed by atoms with Gasteiger partial charge < -0.3 is 4.74 Å². The predicted octanol–water partition coefficient (Wildman–Crippen LogP) is 3.57. The van der Waals surface area contributed by atoms with E-state index in [0.717, 1.165) is 11.1 Å². The van der Waals surface area contributed by atoms with Crippen molar-refractivity contribution >= 4 is 23.1 Å². The Hall–Kier alpha value is -1.22. The van der Waals surface area contributed by atoms with E-state index in [1.54, 1.807) is 0 Å². The van der Waals surface area contributed by atoms with Gasteiger partial charge in [0.25, 0.3) is 0 Å². The van der Waals surface area contributed by atoms with Crippen LogP contribution in [0.4, 0.5) is 0 Å². The number of thiocarbonyl (C=S) groups is 1. The standard InChI is InChI=1S/C14H18O2S/c1-4-16-14(17)11(3)9-13(15)12-7-5-10(2)6-8-12/h5-8,11H,4,9H2,1-3H3. The van der Waals surface area contributed by atoms with Gasteiger partial charge in [0.1, 0.15) is 0 Å². The van der Waals surface area contributed by atoms with Crippen molar-refractivity contribution < 1.29 is 9.53 Å². The number of rotatable bonds is 5. The Labute approximate surface area is 108 Å². The molecule has 3 heteroatoms. The molecule has 1 unspecified atom stereocenters. The van der Waals surface area contributed by atoms with Gasteiger partial charge in [0.2, 0.25) is 0 Å². The highest BCUT2D eigenvalue weighted by molar-refractivity contribution is 7.80. The molecule has 0 aliphatic carbocycles. The zero-order valence-corrected chi connectivity index (χ0v) is 11.3. The van der Waals surface area contributed by atoms with Gasteiger partial charge in [-0.3, -0.25) is 4.79 Å². The molecular formula is C14H18O2S. The van der Waals surface area contributed by atoms with Gasteiger partial charge >= 0.3 is 0 Å². The first-order valence-electron chi connectivity index (χ1n) is 5.81. The zero-order valence-electron chi connectivity index (χ0n) is 10.5. The summed E-state index contributed by atoms with van der Waals surface area (Å²) in [5.41, 5.74) is 1.89. The molecule has 0 aliphatic rings. The lowest BCUT2D eigenvalue weighted by molar-refractivity contribution is 0.0970. The summed E-state index contributed by atoms with van der Waals surface area (Å²) < 4.78 is 5.24. The minimum Gasteiger partial charge on any atom is -0.487 e. The molecule has 0 radical (unpaired) electrons. The highest BCUT2D eigenvalue weighted by Crippen LogP contribution is 2.13. The summed E-state index contributed by atoms with van der Waals surface area (Å²) in [4.78, 5) is 12.0. The number of benzene rings is 1. The maximum Gasteiger partial charge on any atom is 0.163 e. The van der Waals surface area contributed by atoms with E-state index in [4.69, 9.17) is 17.0 Å². The van der Waals surface area contributed by atoms with Crippen LogP contribution < -0.4 is 0 Å². The molecule has 0 amide bonds. The van der Waals surface area contributed by atoms with Crippen LogP contribution >= 0.6 is 12.2 Å². The number of ketones is 1. The summed E-state index contributed by atoms with van der Waals surface area (Å²) in [6.07, 6.45) is 0.405. The van der Waals surface area contributed by atoms with E-state index in [1.165, 1.54) is 0 Å². The van der Waals surface area contributed by atoms with Crippen LogP contribution in [-0.4, -0.2) is 17.4 Å². The monoisotopic (exact) mass is 250 g/mol. The largest absolute Gasteiger partial charge is 0.487 e. The Bertz CT molecular complexity index is 395. The number of hydrogen-bond donors (Lipinski definition) is 0. The number of hydrogen-bond acceptors (Lipinski definition) is 3. The summed E-state index contributed by atoms with van der Waals surface area (Å²) in [5, 5.41) is 0.521. The molecule has 0 aromatic heterocycles. The fraction of sp³-hybridized carbons (Fsp3) is 0.429. The molecule has 0 aliphatic heterocycles. The summed E-state index contributed by atoms with van der Waals surface area (Å²) in [5.74, 6) is 0.0957. The van der Waals surface area contributed by atoms with E-state index in [1.807, 2.05) is 45.0 Å². The smallest absolute Gasteiger partial charge is 0.163 e. The predicted molar refractivity (Wildman–Crippen MR) is 73.5 cm³/mol. The van der Waals surface area contributed by atoms with Crippen LogP contribution in [0, 0.1) is 12.8 Å². The van der Waals surface area contributed by atoms with Crippen LogP contribution in [-0.2, 0) is 4.74 Å². The average Bonchev–Trinajstić information content (AvgIpc) is 2.30.